The van der Waals surface area contributed by atoms with Crippen molar-refractivity contribution < 1.29 is 26.8 Å². The van der Waals surface area contributed by atoms with Crippen LogP contribution in [0.2, 0.25) is 0 Å². The van der Waals surface area contributed by atoms with E-state index in [9.17, 15) is 22.4 Å². The summed E-state index contributed by atoms with van der Waals surface area (Å²) < 4.78 is 53.9. The third-order valence-electron chi connectivity index (χ3n) is 2.17. The number of hydrogen-bond donors (Lipinski definition) is 1. The first-order chi connectivity index (χ1) is 8.88. The van der Waals surface area contributed by atoms with Crippen LogP contribution in [0.4, 0.5) is 23.2 Å². The zero-order valence-electron chi connectivity index (χ0n) is 9.16. The van der Waals surface area contributed by atoms with Crippen LogP contribution in [0, 0.1) is 6.01 Å². The number of carbonyl (C=O) groups is 1. The number of halogens is 4. The van der Waals surface area contributed by atoms with E-state index < -0.39 is 18.1 Å². The number of anilines is 1. The van der Waals surface area contributed by atoms with Gasteiger partial charge in [-0.05, 0) is 12.1 Å². The van der Waals surface area contributed by atoms with Crippen LogP contribution in [0.1, 0.15) is 0 Å². The summed E-state index contributed by atoms with van der Waals surface area (Å²) in [6, 6.07) is 2.64. The molecule has 0 aliphatic heterocycles. The fourth-order valence-electron chi connectivity index (χ4n) is 1.36. The van der Waals surface area contributed by atoms with Gasteiger partial charge in [-0.1, -0.05) is 0 Å². The van der Waals surface area contributed by atoms with Gasteiger partial charge in [-0.2, -0.15) is 17.6 Å². The average Bonchev–Trinajstić information content (AvgIpc) is 2.75. The molecule has 1 N–H and O–H groups in total. The van der Waals surface area contributed by atoms with Crippen LogP contribution in [-0.2, 0) is 4.79 Å². The summed E-state index contributed by atoms with van der Waals surface area (Å²) in [6.45, 7) is 0. The van der Waals surface area contributed by atoms with Gasteiger partial charge in [-0.25, -0.2) is 0 Å². The fraction of sp³-hybridized carbons (Fsp3) is 0.0909. The number of nitrogens with zero attached hydrogens (tertiary/aromatic N) is 1. The largest absolute Gasteiger partial charge is 0.471 e. The predicted octanol–water partition coefficient (Wildman–Crippen LogP) is 2.98. The highest BCUT2D eigenvalue weighted by Gasteiger charge is 2.39. The molecule has 100 valence electrons. The molecule has 0 aromatic carbocycles. The molecular weight excluding hydrogens is 268 g/mol. The Bertz CT molecular complexity index is 607. The lowest BCUT2D eigenvalue weighted by Crippen LogP contribution is -2.30. The van der Waals surface area contributed by atoms with Crippen LogP contribution in [0.3, 0.4) is 0 Å². The normalized spacial score (nSPS) is 11.4. The summed E-state index contributed by atoms with van der Waals surface area (Å²) in [5, 5.41) is 1.65. The Morgan fingerprint density at radius 1 is 1.26 bits per heavy atom. The van der Waals surface area contributed by atoms with Crippen molar-refractivity contribution in [2.75, 3.05) is 5.32 Å². The molecule has 0 radical (unpaired) electrons. The van der Waals surface area contributed by atoms with E-state index in [2.05, 4.69) is 9.40 Å². The maximum atomic E-state index is 12.7. The Balaban J connectivity index is 2.35. The zero-order chi connectivity index (χ0) is 14.0. The number of hydrogen-bond acceptors (Lipinski definition) is 3. The van der Waals surface area contributed by atoms with E-state index in [4.69, 9.17) is 0 Å². The first kappa shape index (κ1) is 13.1. The lowest BCUT2D eigenvalue weighted by molar-refractivity contribution is -0.167. The van der Waals surface area contributed by atoms with Gasteiger partial charge in [0.25, 0.3) is 6.01 Å². The third kappa shape index (κ3) is 2.90. The minimum absolute atomic E-state index is 0.0163. The van der Waals surface area contributed by atoms with E-state index in [0.717, 1.165) is 12.3 Å². The molecule has 0 saturated heterocycles. The van der Waals surface area contributed by atoms with Gasteiger partial charge in [0.1, 0.15) is 5.76 Å². The second kappa shape index (κ2) is 4.71. The van der Waals surface area contributed by atoms with Gasteiger partial charge in [-0.15, -0.1) is 0 Å². The first-order valence-electron chi connectivity index (χ1n) is 4.96. The molecular formula is C11H6F4N2O2. The van der Waals surface area contributed by atoms with E-state index in [0.29, 0.717) is 0 Å². The monoisotopic (exact) mass is 274 g/mol. The molecule has 0 aliphatic carbocycles. The molecule has 0 atom stereocenters. The van der Waals surface area contributed by atoms with E-state index >= 15 is 0 Å². The van der Waals surface area contributed by atoms with Crippen LogP contribution in [0.5, 0.6) is 0 Å². The molecule has 19 heavy (non-hydrogen) atoms. The summed E-state index contributed by atoms with van der Waals surface area (Å²) in [6.07, 6.45) is -2.74. The molecule has 2 aromatic heterocycles. The molecule has 0 spiro atoms. The molecule has 1 amide bonds. The lowest BCUT2D eigenvalue weighted by Gasteiger charge is -2.10. The second-order valence-electron chi connectivity index (χ2n) is 3.48. The van der Waals surface area contributed by atoms with Crippen molar-refractivity contribution in [3.63, 3.8) is 0 Å². The molecule has 0 unspecified atom stereocenters. The zero-order valence-corrected chi connectivity index (χ0v) is 9.16. The standard InChI is InChI=1S/C11H6F4N2O2/c12-9-2-1-8(19-9)6-3-4-16-5-7(6)17-10(18)11(13,14)15/h1-5H,(H,17,18). The second-order valence-corrected chi connectivity index (χ2v) is 3.48. The molecule has 0 fully saturated rings. The SMILES string of the molecule is O=C(Nc1cnccc1-c1ccc(F)o1)C(F)(F)F. The van der Waals surface area contributed by atoms with Gasteiger partial charge in [0.15, 0.2) is 0 Å². The number of aromatic nitrogens is 1. The van der Waals surface area contributed by atoms with Crippen LogP contribution in [0.15, 0.2) is 35.0 Å². The molecule has 2 rings (SSSR count). The summed E-state index contributed by atoms with van der Waals surface area (Å²) in [4.78, 5) is 14.4. The minimum Gasteiger partial charge on any atom is -0.431 e. The summed E-state index contributed by atoms with van der Waals surface area (Å²) in [7, 11) is 0. The number of amides is 1. The van der Waals surface area contributed by atoms with Crippen molar-refractivity contribution in [1.82, 2.24) is 4.98 Å². The van der Waals surface area contributed by atoms with Crippen LogP contribution >= 0.6 is 0 Å². The van der Waals surface area contributed by atoms with Crippen molar-refractivity contribution in [2.24, 2.45) is 0 Å². The average molecular weight is 274 g/mol. The van der Waals surface area contributed by atoms with Crippen molar-refractivity contribution in [3.05, 3.63) is 36.6 Å². The van der Waals surface area contributed by atoms with Gasteiger partial charge in [0.05, 0.1) is 11.9 Å². The van der Waals surface area contributed by atoms with Gasteiger partial charge in [0, 0.05) is 17.8 Å². The Kier molecular flexibility index (Phi) is 3.24. The van der Waals surface area contributed by atoms with Crippen molar-refractivity contribution in [3.8, 4) is 11.3 Å². The summed E-state index contributed by atoms with van der Waals surface area (Å²) >= 11 is 0. The summed E-state index contributed by atoms with van der Waals surface area (Å²) in [5.74, 6) is -2.16. The fourth-order valence-corrected chi connectivity index (χ4v) is 1.36. The van der Waals surface area contributed by atoms with Crippen molar-refractivity contribution >= 4 is 11.6 Å². The third-order valence-corrected chi connectivity index (χ3v) is 2.17. The molecule has 8 heteroatoms. The Morgan fingerprint density at radius 2 is 2.00 bits per heavy atom. The minimum atomic E-state index is -5.03. The predicted molar refractivity (Wildman–Crippen MR) is 56.6 cm³/mol. The van der Waals surface area contributed by atoms with Crippen LogP contribution < -0.4 is 5.32 Å². The lowest BCUT2D eigenvalue weighted by atomic mass is 10.2. The number of nitrogens with one attached hydrogen (secondary N) is 1. The summed E-state index contributed by atoms with van der Waals surface area (Å²) in [5.41, 5.74) is -0.129. The molecule has 2 aromatic rings. The highest BCUT2D eigenvalue weighted by atomic mass is 19.4. The van der Waals surface area contributed by atoms with Gasteiger partial charge >= 0.3 is 12.1 Å². The highest BCUT2D eigenvalue weighted by molar-refractivity contribution is 5.97. The van der Waals surface area contributed by atoms with Crippen molar-refractivity contribution in [1.29, 1.82) is 0 Å². The maximum absolute atomic E-state index is 12.7. The van der Waals surface area contributed by atoms with Gasteiger partial charge < -0.3 is 9.73 Å². The quantitative estimate of drug-likeness (QED) is 0.856. The number of rotatable bonds is 2. The highest BCUT2D eigenvalue weighted by Crippen LogP contribution is 2.29. The molecule has 2 heterocycles. The number of pyridine rings is 1. The molecule has 0 saturated carbocycles. The topological polar surface area (TPSA) is 55.1 Å². The first-order valence-corrected chi connectivity index (χ1v) is 4.96. The number of furan rings is 1. The number of carbonyl (C=O) groups excluding carboxylic acids is 1. The Labute approximate surface area is 104 Å². The van der Waals surface area contributed by atoms with Gasteiger partial charge in [0.2, 0.25) is 0 Å². The molecule has 4 nitrogen and oxygen atoms in total. The van der Waals surface area contributed by atoms with E-state index in [-0.39, 0.29) is 17.0 Å². The molecule has 0 bridgehead atoms. The Hall–Kier alpha value is -2.38. The van der Waals surface area contributed by atoms with E-state index in [1.165, 1.54) is 18.3 Å². The van der Waals surface area contributed by atoms with Crippen LogP contribution in [0.25, 0.3) is 11.3 Å². The maximum Gasteiger partial charge on any atom is 0.471 e. The van der Waals surface area contributed by atoms with Crippen LogP contribution in [-0.4, -0.2) is 17.1 Å². The Morgan fingerprint density at radius 3 is 2.58 bits per heavy atom. The van der Waals surface area contributed by atoms with E-state index in [1.54, 1.807) is 5.32 Å². The number of alkyl halides is 3. The van der Waals surface area contributed by atoms with E-state index in [1.807, 2.05) is 0 Å². The molecule has 0 aliphatic rings. The van der Waals surface area contributed by atoms with Crippen molar-refractivity contribution in [2.45, 2.75) is 6.18 Å². The smallest absolute Gasteiger partial charge is 0.431 e. The van der Waals surface area contributed by atoms with Gasteiger partial charge in [-0.3, -0.25) is 9.78 Å².